The number of nitrogens with zero attached hydrogens (tertiary/aromatic N) is 1. The van der Waals surface area contributed by atoms with Crippen molar-refractivity contribution >= 4 is 23.2 Å². The number of amides is 2. The molecule has 6 nitrogen and oxygen atoms in total. The summed E-state index contributed by atoms with van der Waals surface area (Å²) in [6.45, 7) is 0.0896. The molecule has 1 aliphatic heterocycles. The van der Waals surface area contributed by atoms with E-state index in [1.807, 2.05) is 0 Å². The van der Waals surface area contributed by atoms with Gasteiger partial charge in [-0.15, -0.1) is 0 Å². The Kier molecular flexibility index (Phi) is 5.67. The van der Waals surface area contributed by atoms with Crippen LogP contribution in [-0.2, 0) is 15.8 Å². The van der Waals surface area contributed by atoms with E-state index in [0.717, 1.165) is 12.1 Å². The summed E-state index contributed by atoms with van der Waals surface area (Å²) < 4.78 is 48.9. The summed E-state index contributed by atoms with van der Waals surface area (Å²) in [6.07, 6.45) is -4.56. The largest absolute Gasteiger partial charge is 0.497 e. The lowest BCUT2D eigenvalue weighted by Gasteiger charge is -2.20. The second-order valence-electron chi connectivity index (χ2n) is 6.51. The standard InChI is InChI=1S/C20H19F3N2O4/c1-28-15-6-7-16(17(10-15)29-2)25-11-12(8-18(25)26)19(27)24-14-5-3-4-13(9-14)20(21,22)23/h3-7,9-10,12H,8,11H2,1-2H3,(H,24,27)/t12-/m0/s1. The van der Waals surface area contributed by atoms with E-state index in [4.69, 9.17) is 9.47 Å². The van der Waals surface area contributed by atoms with Crippen molar-refractivity contribution in [1.82, 2.24) is 0 Å². The second kappa shape index (κ2) is 8.02. The molecule has 2 amide bonds. The minimum absolute atomic E-state index is 0.0257. The lowest BCUT2D eigenvalue weighted by atomic mass is 10.1. The Balaban J connectivity index is 1.74. The van der Waals surface area contributed by atoms with Crippen molar-refractivity contribution in [2.24, 2.45) is 5.92 Å². The molecule has 0 spiro atoms. The third kappa shape index (κ3) is 4.44. The predicted molar refractivity (Wildman–Crippen MR) is 100 cm³/mol. The van der Waals surface area contributed by atoms with Gasteiger partial charge in [0.25, 0.3) is 0 Å². The highest BCUT2D eigenvalue weighted by molar-refractivity contribution is 6.04. The third-order valence-corrected chi connectivity index (χ3v) is 4.63. The van der Waals surface area contributed by atoms with E-state index in [0.29, 0.717) is 17.2 Å². The highest BCUT2D eigenvalue weighted by Gasteiger charge is 2.37. The van der Waals surface area contributed by atoms with Crippen molar-refractivity contribution in [2.45, 2.75) is 12.6 Å². The first kappa shape index (κ1) is 20.5. The molecule has 0 aliphatic carbocycles. The number of alkyl halides is 3. The summed E-state index contributed by atoms with van der Waals surface area (Å²) in [5.74, 6) is -0.540. The van der Waals surface area contributed by atoms with Gasteiger partial charge in [0.15, 0.2) is 0 Å². The number of carbonyl (C=O) groups is 2. The van der Waals surface area contributed by atoms with E-state index in [1.54, 1.807) is 18.2 Å². The van der Waals surface area contributed by atoms with Gasteiger partial charge in [0.05, 0.1) is 31.4 Å². The van der Waals surface area contributed by atoms with Gasteiger partial charge >= 0.3 is 6.18 Å². The third-order valence-electron chi connectivity index (χ3n) is 4.63. The Bertz CT molecular complexity index is 930. The van der Waals surface area contributed by atoms with E-state index < -0.39 is 23.6 Å². The van der Waals surface area contributed by atoms with Gasteiger partial charge in [0, 0.05) is 24.7 Å². The summed E-state index contributed by atoms with van der Waals surface area (Å²) in [5, 5.41) is 2.47. The van der Waals surface area contributed by atoms with Crippen molar-refractivity contribution in [1.29, 1.82) is 0 Å². The molecule has 0 radical (unpaired) electrons. The molecule has 3 rings (SSSR count). The fourth-order valence-corrected chi connectivity index (χ4v) is 3.14. The lowest BCUT2D eigenvalue weighted by Crippen LogP contribution is -2.28. The molecule has 29 heavy (non-hydrogen) atoms. The van der Waals surface area contributed by atoms with Crippen LogP contribution in [0.4, 0.5) is 24.5 Å². The van der Waals surface area contributed by atoms with Crippen LogP contribution in [0.1, 0.15) is 12.0 Å². The monoisotopic (exact) mass is 408 g/mol. The Morgan fingerprint density at radius 3 is 2.55 bits per heavy atom. The molecule has 9 heteroatoms. The minimum Gasteiger partial charge on any atom is -0.497 e. The van der Waals surface area contributed by atoms with Crippen molar-refractivity contribution in [3.63, 3.8) is 0 Å². The smallest absolute Gasteiger partial charge is 0.416 e. The van der Waals surface area contributed by atoms with Crippen molar-refractivity contribution in [2.75, 3.05) is 31.0 Å². The number of anilines is 2. The first-order valence-corrected chi connectivity index (χ1v) is 8.73. The van der Waals surface area contributed by atoms with Gasteiger partial charge in [-0.2, -0.15) is 13.2 Å². The van der Waals surface area contributed by atoms with Gasteiger partial charge in [-0.05, 0) is 30.3 Å². The molecular formula is C20H19F3N2O4. The van der Waals surface area contributed by atoms with Crippen LogP contribution in [0.3, 0.4) is 0 Å². The van der Waals surface area contributed by atoms with E-state index in [-0.39, 0.29) is 24.6 Å². The Morgan fingerprint density at radius 2 is 1.90 bits per heavy atom. The summed E-state index contributed by atoms with van der Waals surface area (Å²) in [5.41, 5.74) is -0.340. The summed E-state index contributed by atoms with van der Waals surface area (Å²) >= 11 is 0. The molecule has 0 bridgehead atoms. The second-order valence-corrected chi connectivity index (χ2v) is 6.51. The zero-order valence-corrected chi connectivity index (χ0v) is 15.7. The molecule has 1 N–H and O–H groups in total. The molecule has 154 valence electrons. The van der Waals surface area contributed by atoms with E-state index in [2.05, 4.69) is 5.32 Å². The van der Waals surface area contributed by atoms with Crippen LogP contribution in [0.2, 0.25) is 0 Å². The van der Waals surface area contributed by atoms with Gasteiger partial charge in [-0.25, -0.2) is 0 Å². The highest BCUT2D eigenvalue weighted by Crippen LogP contribution is 2.36. The van der Waals surface area contributed by atoms with Crippen LogP contribution >= 0.6 is 0 Å². The summed E-state index contributed by atoms with van der Waals surface area (Å²) in [4.78, 5) is 26.4. The molecule has 1 atom stereocenters. The average Bonchev–Trinajstić information content (AvgIpc) is 3.08. The number of benzene rings is 2. The number of hydrogen-bond donors (Lipinski definition) is 1. The van der Waals surface area contributed by atoms with Crippen molar-refractivity contribution in [3.05, 3.63) is 48.0 Å². The Hall–Kier alpha value is -3.23. The maximum absolute atomic E-state index is 12.8. The molecule has 0 aromatic heterocycles. The van der Waals surface area contributed by atoms with E-state index in [1.165, 1.54) is 31.3 Å². The molecule has 1 aliphatic rings. The van der Waals surface area contributed by atoms with Gasteiger partial charge in [0.2, 0.25) is 11.8 Å². The van der Waals surface area contributed by atoms with Crippen LogP contribution in [0, 0.1) is 5.92 Å². The maximum Gasteiger partial charge on any atom is 0.416 e. The zero-order valence-electron chi connectivity index (χ0n) is 15.7. The number of methoxy groups -OCH3 is 2. The Morgan fingerprint density at radius 1 is 1.14 bits per heavy atom. The Labute approximate surface area is 165 Å². The van der Waals surface area contributed by atoms with Gasteiger partial charge in [0.1, 0.15) is 11.5 Å². The maximum atomic E-state index is 12.8. The van der Waals surface area contributed by atoms with Crippen molar-refractivity contribution in [3.8, 4) is 11.5 Å². The SMILES string of the molecule is COc1ccc(N2C[C@@H](C(=O)Nc3cccc(C(F)(F)F)c3)CC2=O)c(OC)c1. The molecule has 0 unspecified atom stereocenters. The number of nitrogens with one attached hydrogen (secondary N) is 1. The normalized spacial score (nSPS) is 16.7. The van der Waals surface area contributed by atoms with Gasteiger partial charge in [-0.3, -0.25) is 9.59 Å². The minimum atomic E-state index is -4.51. The van der Waals surface area contributed by atoms with Crippen LogP contribution < -0.4 is 19.7 Å². The van der Waals surface area contributed by atoms with E-state index in [9.17, 15) is 22.8 Å². The number of hydrogen-bond acceptors (Lipinski definition) is 4. The quantitative estimate of drug-likeness (QED) is 0.819. The first-order valence-electron chi connectivity index (χ1n) is 8.73. The fourth-order valence-electron chi connectivity index (χ4n) is 3.14. The summed E-state index contributed by atoms with van der Waals surface area (Å²) in [6, 6.07) is 9.31. The predicted octanol–water partition coefficient (Wildman–Crippen LogP) is 3.71. The van der Waals surface area contributed by atoms with Crippen LogP contribution in [0.15, 0.2) is 42.5 Å². The van der Waals surface area contributed by atoms with Crippen LogP contribution in [-0.4, -0.2) is 32.6 Å². The van der Waals surface area contributed by atoms with Gasteiger partial charge < -0.3 is 19.7 Å². The first-order chi connectivity index (χ1) is 13.7. The molecular weight excluding hydrogens is 389 g/mol. The number of halogens is 3. The molecule has 2 aromatic rings. The molecule has 1 saturated heterocycles. The van der Waals surface area contributed by atoms with E-state index >= 15 is 0 Å². The molecule has 2 aromatic carbocycles. The molecule has 1 fully saturated rings. The number of rotatable bonds is 5. The topological polar surface area (TPSA) is 67.9 Å². The van der Waals surface area contributed by atoms with Crippen LogP contribution in [0.5, 0.6) is 11.5 Å². The molecule has 1 heterocycles. The fraction of sp³-hybridized carbons (Fsp3) is 0.300. The number of carbonyl (C=O) groups excluding carboxylic acids is 2. The average molecular weight is 408 g/mol. The van der Waals surface area contributed by atoms with Crippen LogP contribution in [0.25, 0.3) is 0 Å². The van der Waals surface area contributed by atoms with Crippen molar-refractivity contribution < 1.29 is 32.2 Å². The highest BCUT2D eigenvalue weighted by atomic mass is 19.4. The number of ether oxygens (including phenoxy) is 2. The molecule has 0 saturated carbocycles. The zero-order chi connectivity index (χ0) is 21.2. The van der Waals surface area contributed by atoms with Gasteiger partial charge in [-0.1, -0.05) is 6.07 Å². The summed E-state index contributed by atoms with van der Waals surface area (Å²) in [7, 11) is 2.96. The lowest BCUT2D eigenvalue weighted by molar-refractivity contribution is -0.137.